The maximum Gasteiger partial charge on any atom is 0.414 e. The predicted octanol–water partition coefficient (Wildman–Crippen LogP) is -0.849. The SMILES string of the molecule is O=C(O)C(=O)O.[Ce].[Mn].[Ni]. The second kappa shape index (κ2) is 12.0. The first-order valence-electron chi connectivity index (χ1n) is 1.11. The van der Waals surface area contributed by atoms with Crippen molar-refractivity contribution in [1.29, 1.82) is 0 Å². The van der Waals surface area contributed by atoms with Crippen molar-refractivity contribution < 1.29 is 95.1 Å². The Morgan fingerprint density at radius 2 is 1.11 bits per heavy atom. The first kappa shape index (κ1) is 22.4. The molecule has 0 amide bonds. The van der Waals surface area contributed by atoms with Crippen LogP contribution in [0, 0.1) is 41.7 Å². The molecule has 0 aromatic carbocycles. The second-order valence-electron chi connectivity index (χ2n) is 0.610. The van der Waals surface area contributed by atoms with Crippen molar-refractivity contribution >= 4 is 11.9 Å². The summed E-state index contributed by atoms with van der Waals surface area (Å²) < 4.78 is 0. The van der Waals surface area contributed by atoms with Crippen LogP contribution in [0.4, 0.5) is 0 Å². The fourth-order valence-corrected chi connectivity index (χ4v) is 0. The van der Waals surface area contributed by atoms with E-state index in [2.05, 4.69) is 0 Å². The van der Waals surface area contributed by atoms with Gasteiger partial charge in [0.1, 0.15) is 0 Å². The minimum atomic E-state index is -1.82. The minimum absolute atomic E-state index is 0. The van der Waals surface area contributed by atoms with Gasteiger partial charge in [0.15, 0.2) is 0 Å². The van der Waals surface area contributed by atoms with E-state index in [0.717, 1.165) is 0 Å². The molecule has 9 heavy (non-hydrogen) atoms. The first-order chi connectivity index (χ1) is 2.64. The number of hydrogen-bond acceptors (Lipinski definition) is 2. The Labute approximate surface area is 106 Å². The Morgan fingerprint density at radius 3 is 1.11 bits per heavy atom. The van der Waals surface area contributed by atoms with Crippen LogP contribution in [0.3, 0.4) is 0 Å². The van der Waals surface area contributed by atoms with E-state index in [1.165, 1.54) is 0 Å². The minimum Gasteiger partial charge on any atom is -0.473 e. The molecular weight excluding hydrogens is 342 g/mol. The fourth-order valence-electron chi connectivity index (χ4n) is 0. The number of carbonyl (C=O) groups is 2. The number of aliphatic carboxylic acids is 2. The number of hydrogen-bond donors (Lipinski definition) is 2. The van der Waals surface area contributed by atoms with E-state index in [0.29, 0.717) is 0 Å². The van der Waals surface area contributed by atoms with Gasteiger partial charge < -0.3 is 10.2 Å². The zero-order valence-electron chi connectivity index (χ0n) is 3.91. The zero-order valence-corrected chi connectivity index (χ0v) is 9.21. The van der Waals surface area contributed by atoms with Crippen LogP contribution in [0.2, 0.25) is 0 Å². The van der Waals surface area contributed by atoms with E-state index in [9.17, 15) is 0 Å². The molecule has 2 N–H and O–H groups in total. The van der Waals surface area contributed by atoms with Crippen molar-refractivity contribution in [2.45, 2.75) is 0 Å². The molecule has 0 aromatic heterocycles. The molecule has 0 unspecified atom stereocenters. The predicted molar refractivity (Wildman–Crippen MR) is 15.3 cm³/mol. The number of rotatable bonds is 0. The van der Waals surface area contributed by atoms with Gasteiger partial charge in [-0.2, -0.15) is 0 Å². The first-order valence-corrected chi connectivity index (χ1v) is 1.11. The van der Waals surface area contributed by atoms with Gasteiger partial charge in [0.25, 0.3) is 0 Å². The van der Waals surface area contributed by atoms with Gasteiger partial charge in [-0.05, 0) is 0 Å². The van der Waals surface area contributed by atoms with Crippen molar-refractivity contribution in [3.8, 4) is 0 Å². The Hall–Kier alpha value is 1.33. The van der Waals surface area contributed by atoms with Crippen LogP contribution >= 0.6 is 0 Å². The summed E-state index contributed by atoms with van der Waals surface area (Å²) in [5.41, 5.74) is 0. The van der Waals surface area contributed by atoms with Gasteiger partial charge in [-0.1, -0.05) is 0 Å². The molecule has 0 heterocycles. The van der Waals surface area contributed by atoms with Crippen molar-refractivity contribution in [2.75, 3.05) is 0 Å². The van der Waals surface area contributed by atoms with Crippen LogP contribution in [-0.4, -0.2) is 22.2 Å². The van der Waals surface area contributed by atoms with E-state index in [1.807, 2.05) is 0 Å². The van der Waals surface area contributed by atoms with E-state index in [1.54, 1.807) is 0 Å². The summed E-state index contributed by atoms with van der Waals surface area (Å²) in [5.74, 6) is -3.65. The largest absolute Gasteiger partial charge is 0.473 e. The summed E-state index contributed by atoms with van der Waals surface area (Å²) in [5, 5.41) is 14.8. The van der Waals surface area contributed by atoms with Gasteiger partial charge in [-0.3, -0.25) is 0 Å². The van der Waals surface area contributed by atoms with Crippen LogP contribution in [0.1, 0.15) is 0 Å². The molecule has 0 aliphatic rings. The standard InChI is InChI=1S/C2H2O4.Ce.Mn.Ni/c3-1(4)2(5)6;;;/h(H,3,4)(H,5,6);;;. The summed E-state index contributed by atoms with van der Waals surface area (Å²) >= 11 is 0. The van der Waals surface area contributed by atoms with Crippen LogP contribution in [0.15, 0.2) is 0 Å². The Balaban J connectivity index is -0.0000000417. The Morgan fingerprint density at radius 1 is 1.00 bits per heavy atom. The van der Waals surface area contributed by atoms with Gasteiger partial charge in [0.2, 0.25) is 0 Å². The average Bonchev–Trinajstić information content (AvgIpc) is 1.36. The van der Waals surface area contributed by atoms with E-state index in [-0.39, 0.29) is 75.3 Å². The van der Waals surface area contributed by atoms with Crippen LogP contribution in [-0.2, 0) is 43.1 Å². The average molecular weight is 344 g/mol. The second-order valence-corrected chi connectivity index (χ2v) is 0.610. The zero-order chi connectivity index (χ0) is 5.15. The van der Waals surface area contributed by atoms with Crippen LogP contribution in [0.25, 0.3) is 0 Å². The van der Waals surface area contributed by atoms with Gasteiger partial charge >= 0.3 is 11.9 Å². The Bertz CT molecular complexity index is 84.6. The summed E-state index contributed by atoms with van der Waals surface area (Å²) in [7, 11) is 0. The Kier molecular flexibility index (Phi) is 30.0. The van der Waals surface area contributed by atoms with Crippen molar-refractivity contribution in [2.24, 2.45) is 0 Å². The normalized spacial score (nSPS) is 4.89. The number of carboxylic acid groups (broad SMARTS) is 2. The third-order valence-corrected chi connectivity index (χ3v) is 0.183. The van der Waals surface area contributed by atoms with Gasteiger partial charge in [0, 0.05) is 75.3 Å². The molecule has 0 aromatic rings. The molecule has 55 valence electrons. The molecule has 1 radical (unpaired) electrons. The summed E-state index contributed by atoms with van der Waals surface area (Å²) in [6.07, 6.45) is 0. The maximum absolute atomic E-state index is 9.10. The van der Waals surface area contributed by atoms with Crippen molar-refractivity contribution in [3.05, 3.63) is 0 Å². The summed E-state index contributed by atoms with van der Waals surface area (Å²) in [6, 6.07) is 0. The topological polar surface area (TPSA) is 74.6 Å². The van der Waals surface area contributed by atoms with Crippen molar-refractivity contribution in [3.63, 3.8) is 0 Å². The smallest absolute Gasteiger partial charge is 0.414 e. The fraction of sp³-hybridized carbons (Fsp3) is 0. The monoisotopic (exact) mass is 343 g/mol. The van der Waals surface area contributed by atoms with Gasteiger partial charge in [-0.15, -0.1) is 0 Å². The van der Waals surface area contributed by atoms with Crippen molar-refractivity contribution in [1.82, 2.24) is 0 Å². The van der Waals surface area contributed by atoms with Gasteiger partial charge in [-0.25, -0.2) is 9.59 Å². The molecule has 0 atom stereocenters. The van der Waals surface area contributed by atoms with Crippen LogP contribution < -0.4 is 0 Å². The maximum atomic E-state index is 9.10. The molecule has 0 fully saturated rings. The molecule has 0 aliphatic heterocycles. The summed E-state index contributed by atoms with van der Waals surface area (Å²) in [6.45, 7) is 0. The van der Waals surface area contributed by atoms with E-state index < -0.39 is 11.9 Å². The molecule has 0 saturated carbocycles. The number of carboxylic acids is 2. The van der Waals surface area contributed by atoms with E-state index in [4.69, 9.17) is 19.8 Å². The molecule has 7 heteroatoms. The molecule has 0 spiro atoms. The molecule has 0 aliphatic carbocycles. The van der Waals surface area contributed by atoms with Gasteiger partial charge in [0.05, 0.1) is 0 Å². The quantitative estimate of drug-likeness (QED) is 0.444. The molecular formula is C2H2CeMnNiO4. The summed E-state index contributed by atoms with van der Waals surface area (Å²) in [4.78, 5) is 18.2. The molecule has 4 nitrogen and oxygen atoms in total. The third-order valence-electron chi connectivity index (χ3n) is 0.183. The molecule has 0 rings (SSSR count). The van der Waals surface area contributed by atoms with Crippen LogP contribution in [0.5, 0.6) is 0 Å². The molecule has 0 saturated heterocycles. The third kappa shape index (κ3) is 17.6. The molecule has 0 bridgehead atoms. The van der Waals surface area contributed by atoms with E-state index >= 15 is 0 Å².